The highest BCUT2D eigenvalue weighted by molar-refractivity contribution is 5.83. The molecule has 3 nitrogen and oxygen atoms in total. The number of nitrogens with one attached hydrogen (secondary N) is 1. The van der Waals surface area contributed by atoms with Crippen molar-refractivity contribution in [3.05, 3.63) is 0 Å². The molecule has 0 atom stereocenters. The minimum absolute atomic E-state index is 0.0443. The summed E-state index contributed by atoms with van der Waals surface area (Å²) in [5, 5.41) is 3.37. The minimum atomic E-state index is -0.0443. The van der Waals surface area contributed by atoms with E-state index >= 15 is 0 Å². The van der Waals surface area contributed by atoms with Crippen LogP contribution in [0.1, 0.15) is 45.4 Å². The van der Waals surface area contributed by atoms with Crippen molar-refractivity contribution in [2.75, 3.05) is 20.1 Å². The van der Waals surface area contributed by atoms with Gasteiger partial charge in [-0.1, -0.05) is 13.3 Å². The highest BCUT2D eigenvalue weighted by Gasteiger charge is 2.43. The van der Waals surface area contributed by atoms with E-state index in [0.717, 1.165) is 38.8 Å². The molecule has 0 unspecified atom stereocenters. The molecular weight excluding hydrogens is 200 g/mol. The van der Waals surface area contributed by atoms with Crippen LogP contribution in [-0.2, 0) is 4.79 Å². The van der Waals surface area contributed by atoms with Crippen molar-refractivity contribution < 1.29 is 4.79 Å². The Morgan fingerprint density at radius 2 is 2.00 bits per heavy atom. The molecule has 0 aromatic carbocycles. The highest BCUT2D eigenvalue weighted by Crippen LogP contribution is 2.38. The molecule has 92 valence electrons. The fourth-order valence-corrected chi connectivity index (χ4v) is 2.96. The van der Waals surface area contributed by atoms with Gasteiger partial charge in [0.25, 0.3) is 0 Å². The van der Waals surface area contributed by atoms with Crippen molar-refractivity contribution in [3.8, 4) is 0 Å². The second-order valence-electron chi connectivity index (χ2n) is 5.43. The Labute approximate surface area is 98.6 Å². The molecular formula is C13H24N2O. The number of hydrogen-bond donors (Lipinski definition) is 1. The van der Waals surface area contributed by atoms with Crippen LogP contribution in [0, 0.1) is 5.41 Å². The van der Waals surface area contributed by atoms with E-state index in [1.54, 1.807) is 0 Å². The summed E-state index contributed by atoms with van der Waals surface area (Å²) in [6.07, 6.45) is 6.65. The van der Waals surface area contributed by atoms with Crippen LogP contribution >= 0.6 is 0 Å². The second-order valence-corrected chi connectivity index (χ2v) is 5.43. The fraction of sp³-hybridized carbons (Fsp3) is 0.923. The number of rotatable bonds is 4. The molecule has 0 aromatic heterocycles. The number of piperidine rings is 1. The Morgan fingerprint density at radius 3 is 2.50 bits per heavy atom. The van der Waals surface area contributed by atoms with Crippen molar-refractivity contribution >= 4 is 5.91 Å². The number of carbonyl (C=O) groups excluding carboxylic acids is 1. The minimum Gasteiger partial charge on any atom is -0.342 e. The molecule has 1 aliphatic heterocycles. The Bertz CT molecular complexity index is 249. The van der Waals surface area contributed by atoms with Crippen LogP contribution in [0.4, 0.5) is 0 Å². The maximum Gasteiger partial charge on any atom is 0.228 e. The molecule has 16 heavy (non-hydrogen) atoms. The Balaban J connectivity index is 2.06. The molecule has 0 bridgehead atoms. The molecule has 1 N–H and O–H groups in total. The van der Waals surface area contributed by atoms with Gasteiger partial charge in [0.15, 0.2) is 0 Å². The normalized spacial score (nSPS) is 24.1. The molecule has 3 heteroatoms. The summed E-state index contributed by atoms with van der Waals surface area (Å²) >= 11 is 0. The zero-order valence-electron chi connectivity index (χ0n) is 10.6. The van der Waals surface area contributed by atoms with E-state index in [2.05, 4.69) is 12.2 Å². The summed E-state index contributed by atoms with van der Waals surface area (Å²) < 4.78 is 0. The van der Waals surface area contributed by atoms with Gasteiger partial charge in [0.2, 0.25) is 5.91 Å². The van der Waals surface area contributed by atoms with Crippen molar-refractivity contribution in [3.63, 3.8) is 0 Å². The quantitative estimate of drug-likeness (QED) is 0.789. The van der Waals surface area contributed by atoms with Crippen molar-refractivity contribution in [2.24, 2.45) is 5.41 Å². The molecule has 2 fully saturated rings. The highest BCUT2D eigenvalue weighted by atomic mass is 16.2. The third-order valence-electron chi connectivity index (χ3n) is 4.16. The van der Waals surface area contributed by atoms with E-state index in [9.17, 15) is 4.79 Å². The van der Waals surface area contributed by atoms with E-state index in [4.69, 9.17) is 0 Å². The van der Waals surface area contributed by atoms with E-state index in [1.807, 2.05) is 11.9 Å². The zero-order valence-corrected chi connectivity index (χ0v) is 10.6. The lowest BCUT2D eigenvalue weighted by molar-refractivity contribution is -0.143. The van der Waals surface area contributed by atoms with Crippen LogP contribution in [0.15, 0.2) is 0 Å². The molecule has 2 rings (SSSR count). The molecule has 1 aliphatic carbocycles. The smallest absolute Gasteiger partial charge is 0.228 e. The summed E-state index contributed by atoms with van der Waals surface area (Å²) in [7, 11) is 2.00. The van der Waals surface area contributed by atoms with Gasteiger partial charge in [0, 0.05) is 13.1 Å². The van der Waals surface area contributed by atoms with Crippen LogP contribution in [0.5, 0.6) is 0 Å². The lowest BCUT2D eigenvalue weighted by Gasteiger charge is -2.39. The standard InChI is InChI=1S/C13H24N2O/c1-3-6-13(7-9-14-10-8-13)12(16)15(2)11-4-5-11/h11,14H,3-10H2,1-2H3. The van der Waals surface area contributed by atoms with E-state index in [-0.39, 0.29) is 5.41 Å². The van der Waals surface area contributed by atoms with Gasteiger partial charge in [-0.15, -0.1) is 0 Å². The fourth-order valence-electron chi connectivity index (χ4n) is 2.96. The predicted molar refractivity (Wildman–Crippen MR) is 65.2 cm³/mol. The van der Waals surface area contributed by atoms with E-state index in [1.165, 1.54) is 12.8 Å². The molecule has 0 spiro atoms. The maximum atomic E-state index is 12.6. The van der Waals surface area contributed by atoms with Gasteiger partial charge in [-0.05, 0) is 45.2 Å². The zero-order chi connectivity index (χ0) is 11.6. The summed E-state index contributed by atoms with van der Waals surface area (Å²) in [5.74, 6) is 0.415. The first-order chi connectivity index (χ1) is 7.69. The summed E-state index contributed by atoms with van der Waals surface area (Å²) in [4.78, 5) is 14.6. The third kappa shape index (κ3) is 2.24. The van der Waals surface area contributed by atoms with Crippen LogP contribution in [-0.4, -0.2) is 37.0 Å². The number of nitrogens with zero attached hydrogens (tertiary/aromatic N) is 1. The molecule has 0 radical (unpaired) electrons. The molecule has 1 amide bonds. The first-order valence-corrected chi connectivity index (χ1v) is 6.67. The topological polar surface area (TPSA) is 32.3 Å². The van der Waals surface area contributed by atoms with Crippen LogP contribution in [0.25, 0.3) is 0 Å². The molecule has 0 aromatic rings. The SMILES string of the molecule is CCCC1(C(=O)N(C)C2CC2)CCNCC1. The van der Waals surface area contributed by atoms with Crippen molar-refractivity contribution in [2.45, 2.75) is 51.5 Å². The number of amides is 1. The molecule has 1 saturated carbocycles. The van der Waals surface area contributed by atoms with Gasteiger partial charge in [-0.3, -0.25) is 4.79 Å². The third-order valence-corrected chi connectivity index (χ3v) is 4.16. The Kier molecular flexibility index (Phi) is 3.53. The average molecular weight is 224 g/mol. The summed E-state index contributed by atoms with van der Waals surface area (Å²) in [6.45, 7) is 4.20. The van der Waals surface area contributed by atoms with Gasteiger partial charge >= 0.3 is 0 Å². The first kappa shape index (κ1) is 11.9. The van der Waals surface area contributed by atoms with Crippen LogP contribution in [0.2, 0.25) is 0 Å². The van der Waals surface area contributed by atoms with Gasteiger partial charge in [0.1, 0.15) is 0 Å². The van der Waals surface area contributed by atoms with Gasteiger partial charge < -0.3 is 10.2 Å². The summed E-state index contributed by atoms with van der Waals surface area (Å²) in [5.41, 5.74) is -0.0443. The number of carbonyl (C=O) groups is 1. The molecule has 2 aliphatic rings. The largest absolute Gasteiger partial charge is 0.342 e. The second kappa shape index (κ2) is 4.74. The number of hydrogen-bond acceptors (Lipinski definition) is 2. The lowest BCUT2D eigenvalue weighted by atomic mass is 9.74. The van der Waals surface area contributed by atoms with Gasteiger partial charge in [-0.2, -0.15) is 0 Å². The van der Waals surface area contributed by atoms with Crippen molar-refractivity contribution in [1.82, 2.24) is 10.2 Å². The summed E-state index contributed by atoms with van der Waals surface area (Å²) in [6, 6.07) is 0.552. The Hall–Kier alpha value is -0.570. The van der Waals surface area contributed by atoms with E-state index in [0.29, 0.717) is 11.9 Å². The lowest BCUT2D eigenvalue weighted by Crippen LogP contribution is -2.48. The van der Waals surface area contributed by atoms with E-state index < -0.39 is 0 Å². The average Bonchev–Trinajstić information content (AvgIpc) is 3.13. The van der Waals surface area contributed by atoms with Gasteiger partial charge in [-0.25, -0.2) is 0 Å². The Morgan fingerprint density at radius 1 is 1.38 bits per heavy atom. The van der Waals surface area contributed by atoms with Crippen LogP contribution < -0.4 is 5.32 Å². The molecule has 1 heterocycles. The van der Waals surface area contributed by atoms with Crippen molar-refractivity contribution in [1.29, 1.82) is 0 Å². The molecule has 1 saturated heterocycles. The van der Waals surface area contributed by atoms with Gasteiger partial charge in [0.05, 0.1) is 5.41 Å². The monoisotopic (exact) mass is 224 g/mol. The van der Waals surface area contributed by atoms with Crippen LogP contribution in [0.3, 0.4) is 0 Å². The predicted octanol–water partition coefficient (Wildman–Crippen LogP) is 1.78. The first-order valence-electron chi connectivity index (χ1n) is 6.67. The maximum absolute atomic E-state index is 12.6.